The highest BCUT2D eigenvalue weighted by Crippen LogP contribution is 2.34. The van der Waals surface area contributed by atoms with Crippen molar-refractivity contribution in [1.29, 1.82) is 0 Å². The summed E-state index contributed by atoms with van der Waals surface area (Å²) in [5.41, 5.74) is 0.662. The van der Waals surface area contributed by atoms with Crippen LogP contribution in [0.3, 0.4) is 0 Å². The largest absolute Gasteiger partial charge is 0.378 e. The van der Waals surface area contributed by atoms with Gasteiger partial charge in [-0.1, -0.05) is 42.5 Å². The van der Waals surface area contributed by atoms with Crippen LogP contribution < -0.4 is 4.31 Å². The Morgan fingerprint density at radius 1 is 0.862 bits per heavy atom. The first-order chi connectivity index (χ1) is 13.9. The molecule has 0 aromatic heterocycles. The molecule has 0 atom stereocenters. The molecule has 0 saturated carbocycles. The van der Waals surface area contributed by atoms with Gasteiger partial charge in [-0.2, -0.15) is 0 Å². The smallest absolute Gasteiger partial charge is 0.270 e. The number of carbonyl (C=O) groups is 2. The third-order valence-corrected chi connectivity index (χ3v) is 6.94. The van der Waals surface area contributed by atoms with Crippen molar-refractivity contribution in [3.8, 4) is 0 Å². The Hall–Kier alpha value is -2.97. The Labute approximate surface area is 169 Å². The molecular formula is C21H20N2O5S. The molecular weight excluding hydrogens is 392 g/mol. The molecule has 150 valence electrons. The summed E-state index contributed by atoms with van der Waals surface area (Å²) in [7, 11) is -2.90. The van der Waals surface area contributed by atoms with E-state index in [2.05, 4.69) is 0 Å². The molecule has 2 aromatic carbocycles. The molecule has 1 fully saturated rings. The van der Waals surface area contributed by atoms with Crippen molar-refractivity contribution < 1.29 is 22.7 Å². The minimum absolute atomic E-state index is 0.0696. The van der Waals surface area contributed by atoms with Gasteiger partial charge in [0.1, 0.15) is 5.70 Å². The van der Waals surface area contributed by atoms with Gasteiger partial charge in [-0.3, -0.25) is 13.9 Å². The predicted molar refractivity (Wildman–Crippen MR) is 108 cm³/mol. The van der Waals surface area contributed by atoms with Crippen molar-refractivity contribution in [1.82, 2.24) is 4.90 Å². The number of Topliss-reactive ketones (excluding diaryl/α,β-unsaturated/α-hetero) is 2. The molecule has 0 radical (unpaired) electrons. The summed E-state index contributed by atoms with van der Waals surface area (Å²) in [4.78, 5) is 27.8. The molecule has 1 saturated heterocycles. The van der Waals surface area contributed by atoms with E-state index in [0.29, 0.717) is 32.0 Å². The molecule has 4 rings (SSSR count). The zero-order chi connectivity index (χ0) is 20.6. The number of fused-ring (bicyclic) bond motifs is 1. The second kappa shape index (κ2) is 7.46. The van der Waals surface area contributed by atoms with Gasteiger partial charge in [0, 0.05) is 31.3 Å². The van der Waals surface area contributed by atoms with Gasteiger partial charge in [-0.15, -0.1) is 0 Å². The molecule has 29 heavy (non-hydrogen) atoms. The summed E-state index contributed by atoms with van der Waals surface area (Å²) in [5.74, 6) is -1.12. The Kier molecular flexibility index (Phi) is 4.97. The summed E-state index contributed by atoms with van der Waals surface area (Å²) in [6.07, 6.45) is 0. The van der Waals surface area contributed by atoms with Gasteiger partial charge in [-0.25, -0.2) is 8.42 Å². The third kappa shape index (κ3) is 3.24. The van der Waals surface area contributed by atoms with Crippen LogP contribution in [-0.4, -0.2) is 58.2 Å². The molecule has 0 N–H and O–H groups in total. The number of para-hydroxylation sites is 1. The number of ketones is 2. The fourth-order valence-corrected chi connectivity index (χ4v) is 5.05. The van der Waals surface area contributed by atoms with E-state index in [4.69, 9.17) is 4.74 Å². The van der Waals surface area contributed by atoms with Crippen molar-refractivity contribution in [2.24, 2.45) is 0 Å². The average molecular weight is 412 g/mol. The van der Waals surface area contributed by atoms with Crippen LogP contribution in [0.25, 0.3) is 0 Å². The number of ether oxygens (including phenoxy) is 1. The second-order valence-electron chi connectivity index (χ2n) is 6.79. The van der Waals surface area contributed by atoms with Gasteiger partial charge < -0.3 is 9.64 Å². The minimum atomic E-state index is -4.28. The van der Waals surface area contributed by atoms with Crippen molar-refractivity contribution in [2.45, 2.75) is 0 Å². The molecule has 2 aliphatic rings. The van der Waals surface area contributed by atoms with Crippen LogP contribution in [-0.2, 0) is 14.8 Å². The van der Waals surface area contributed by atoms with Crippen molar-refractivity contribution in [3.63, 3.8) is 0 Å². The highest BCUT2D eigenvalue weighted by atomic mass is 32.2. The first kappa shape index (κ1) is 19.4. The maximum atomic E-state index is 13.5. The summed E-state index contributed by atoms with van der Waals surface area (Å²) < 4.78 is 33.5. The summed E-state index contributed by atoms with van der Waals surface area (Å²) >= 11 is 0. The highest BCUT2D eigenvalue weighted by molar-refractivity contribution is 7.97. The van der Waals surface area contributed by atoms with Gasteiger partial charge >= 0.3 is 0 Å². The SMILES string of the molecule is CN(c1ccccc1)S(=O)(=O)C1=C(N2CCOCC2)C(=O)c2ccccc2C1=O. The van der Waals surface area contributed by atoms with Gasteiger partial charge in [-0.05, 0) is 12.1 Å². The van der Waals surface area contributed by atoms with Crippen molar-refractivity contribution in [3.05, 3.63) is 76.3 Å². The van der Waals surface area contributed by atoms with E-state index in [1.807, 2.05) is 0 Å². The van der Waals surface area contributed by atoms with Gasteiger partial charge in [0.15, 0.2) is 4.91 Å². The summed E-state index contributed by atoms with van der Waals surface area (Å²) in [6, 6.07) is 14.8. The van der Waals surface area contributed by atoms with E-state index in [1.165, 1.54) is 13.1 Å². The monoisotopic (exact) mass is 412 g/mol. The van der Waals surface area contributed by atoms with Gasteiger partial charge in [0.25, 0.3) is 10.0 Å². The topological polar surface area (TPSA) is 84.0 Å². The number of hydrogen-bond donors (Lipinski definition) is 0. The number of allylic oxidation sites excluding steroid dienone is 2. The van der Waals surface area contributed by atoms with Crippen LogP contribution in [0, 0.1) is 0 Å². The average Bonchev–Trinajstić information content (AvgIpc) is 2.76. The van der Waals surface area contributed by atoms with E-state index < -0.39 is 26.5 Å². The molecule has 8 heteroatoms. The number of carbonyl (C=O) groups excluding carboxylic acids is 2. The number of nitrogens with zero attached hydrogens (tertiary/aromatic N) is 2. The number of sulfonamides is 1. The van der Waals surface area contributed by atoms with Crippen LogP contribution in [0.1, 0.15) is 20.7 Å². The lowest BCUT2D eigenvalue weighted by Crippen LogP contribution is -2.44. The van der Waals surface area contributed by atoms with Crippen LogP contribution in [0.4, 0.5) is 5.69 Å². The lowest BCUT2D eigenvalue weighted by atomic mass is 9.91. The Balaban J connectivity index is 1.92. The molecule has 1 aliphatic heterocycles. The second-order valence-corrected chi connectivity index (χ2v) is 8.70. The minimum Gasteiger partial charge on any atom is -0.378 e. The fourth-order valence-electron chi connectivity index (χ4n) is 3.57. The quantitative estimate of drug-likeness (QED) is 0.765. The van der Waals surface area contributed by atoms with Crippen LogP contribution in [0.5, 0.6) is 0 Å². The van der Waals surface area contributed by atoms with Crippen LogP contribution in [0.2, 0.25) is 0 Å². The first-order valence-electron chi connectivity index (χ1n) is 9.22. The van der Waals surface area contributed by atoms with Crippen LogP contribution in [0.15, 0.2) is 65.2 Å². The number of hydrogen-bond acceptors (Lipinski definition) is 6. The molecule has 2 aromatic rings. The molecule has 0 bridgehead atoms. The predicted octanol–water partition coefficient (Wildman–Crippen LogP) is 2.08. The van der Waals surface area contributed by atoms with E-state index in [1.54, 1.807) is 53.4 Å². The highest BCUT2D eigenvalue weighted by Gasteiger charge is 2.43. The molecule has 0 spiro atoms. The summed E-state index contributed by atoms with van der Waals surface area (Å²) in [6.45, 7) is 1.39. The summed E-state index contributed by atoms with van der Waals surface area (Å²) in [5, 5.41) is 0. The molecule has 1 heterocycles. The number of anilines is 1. The van der Waals surface area contributed by atoms with Gasteiger partial charge in [0.2, 0.25) is 11.6 Å². The van der Waals surface area contributed by atoms with E-state index in [0.717, 1.165) is 4.31 Å². The lowest BCUT2D eigenvalue weighted by molar-refractivity contribution is 0.0499. The van der Waals surface area contributed by atoms with E-state index in [-0.39, 0.29) is 16.8 Å². The zero-order valence-corrected chi connectivity index (χ0v) is 16.7. The number of morpholine rings is 1. The molecule has 7 nitrogen and oxygen atoms in total. The van der Waals surface area contributed by atoms with Gasteiger partial charge in [0.05, 0.1) is 18.9 Å². The maximum absolute atomic E-state index is 13.5. The fraction of sp³-hybridized carbons (Fsp3) is 0.238. The zero-order valence-electron chi connectivity index (χ0n) is 15.9. The first-order valence-corrected chi connectivity index (χ1v) is 10.7. The molecule has 0 unspecified atom stereocenters. The maximum Gasteiger partial charge on any atom is 0.270 e. The van der Waals surface area contributed by atoms with E-state index >= 15 is 0 Å². The number of rotatable bonds is 4. The Morgan fingerprint density at radius 3 is 2.03 bits per heavy atom. The van der Waals surface area contributed by atoms with E-state index in [9.17, 15) is 18.0 Å². The van der Waals surface area contributed by atoms with Crippen molar-refractivity contribution >= 4 is 27.3 Å². The normalized spacial score (nSPS) is 17.3. The lowest BCUT2D eigenvalue weighted by Gasteiger charge is -2.34. The van der Waals surface area contributed by atoms with Crippen molar-refractivity contribution in [2.75, 3.05) is 37.7 Å². The standard InChI is InChI=1S/C21H20N2O5S/c1-22(15-7-3-2-4-8-15)29(26,27)21-18(23-11-13-28-14-12-23)19(24)16-9-5-6-10-17(16)20(21)25/h2-10H,11-14H2,1H3. The Bertz CT molecular complexity index is 1100. The third-order valence-electron chi connectivity index (χ3n) is 5.12. The number of benzene rings is 2. The Morgan fingerprint density at radius 2 is 1.41 bits per heavy atom. The molecule has 0 amide bonds. The molecule has 1 aliphatic carbocycles. The van der Waals surface area contributed by atoms with Crippen LogP contribution >= 0.6 is 0 Å².